The number of thioether (sulfide) groups is 1. The number of rotatable bonds is 1. The van der Waals surface area contributed by atoms with E-state index in [0.717, 1.165) is 11.3 Å². The molecule has 0 radical (unpaired) electrons. The molecule has 1 saturated heterocycles. The van der Waals surface area contributed by atoms with Gasteiger partial charge in [-0.05, 0) is 17.7 Å². The Labute approximate surface area is 136 Å². The molecule has 2 aliphatic heterocycles. The average Bonchev–Trinajstić information content (AvgIpc) is 2.77. The van der Waals surface area contributed by atoms with E-state index in [1.54, 1.807) is 12.1 Å². The molecule has 2 heterocycles. The van der Waals surface area contributed by atoms with Crippen molar-refractivity contribution in [2.45, 2.75) is 11.0 Å². The largest absolute Gasteiger partial charge is 0.327 e. The molecule has 1 aliphatic carbocycles. The average molecular weight is 332 g/mol. The predicted octanol–water partition coefficient (Wildman–Crippen LogP) is 0.326. The second-order valence-corrected chi connectivity index (χ2v) is 7.38. The van der Waals surface area contributed by atoms with Crippen molar-refractivity contribution in [3.63, 3.8) is 0 Å². The Bertz CT molecular complexity index is 774. The fourth-order valence-electron chi connectivity index (χ4n) is 3.97. The highest BCUT2D eigenvalue weighted by molar-refractivity contribution is 8.00. The molecular formula is C15H12ClN4OS+. The van der Waals surface area contributed by atoms with Crippen LogP contribution in [0.25, 0.3) is 0 Å². The molecule has 1 aromatic rings. The molecule has 4 atom stereocenters. The van der Waals surface area contributed by atoms with E-state index < -0.39 is 15.9 Å². The third-order valence-corrected chi connectivity index (χ3v) is 6.47. The monoisotopic (exact) mass is 331 g/mol. The summed E-state index contributed by atoms with van der Waals surface area (Å²) < 4.78 is 5.87. The summed E-state index contributed by atoms with van der Waals surface area (Å²) in [5.74, 6) is 0.767. The van der Waals surface area contributed by atoms with Crippen molar-refractivity contribution < 1.29 is 9.73 Å². The molecule has 110 valence electrons. The van der Waals surface area contributed by atoms with Crippen molar-refractivity contribution >= 4 is 29.2 Å². The molecule has 1 saturated carbocycles. The minimum absolute atomic E-state index is 0.320. The minimum atomic E-state index is -1.06. The number of hydrogen-bond donors (Lipinski definition) is 2. The SMILES string of the molecule is N#C[C@@]12[C@@H](c3ccc(Cl)cc3)[C@]1(C#N)C(N)=[NH+][C@@]21OCCS1. The maximum atomic E-state index is 9.96. The van der Waals surface area contributed by atoms with Gasteiger partial charge in [0.2, 0.25) is 0 Å². The molecular weight excluding hydrogens is 320 g/mol. The van der Waals surface area contributed by atoms with Gasteiger partial charge in [0.25, 0.3) is 10.9 Å². The zero-order valence-electron chi connectivity index (χ0n) is 11.5. The maximum absolute atomic E-state index is 9.96. The summed E-state index contributed by atoms with van der Waals surface area (Å²) in [5, 5.41) is 19.5. The van der Waals surface area contributed by atoms with Crippen LogP contribution in [0.1, 0.15) is 11.5 Å². The summed E-state index contributed by atoms with van der Waals surface area (Å²) in [4.78, 5) is 3.09. The first-order valence-corrected chi connectivity index (χ1v) is 8.21. The minimum Gasteiger partial charge on any atom is -0.327 e. The highest BCUT2D eigenvalue weighted by atomic mass is 35.5. The van der Waals surface area contributed by atoms with Crippen molar-refractivity contribution in [3.8, 4) is 12.1 Å². The zero-order chi connectivity index (χ0) is 15.6. The summed E-state index contributed by atoms with van der Waals surface area (Å²) >= 11 is 7.45. The molecule has 5 nitrogen and oxygen atoms in total. The first kappa shape index (κ1) is 13.9. The number of ether oxygens (including phenoxy) is 1. The second-order valence-electron chi connectivity index (χ2n) is 5.68. The first-order chi connectivity index (χ1) is 10.6. The Morgan fingerprint density at radius 3 is 2.59 bits per heavy atom. The van der Waals surface area contributed by atoms with Gasteiger partial charge >= 0.3 is 0 Å². The van der Waals surface area contributed by atoms with Gasteiger partial charge < -0.3 is 4.74 Å². The van der Waals surface area contributed by atoms with E-state index in [-0.39, 0.29) is 5.92 Å². The van der Waals surface area contributed by atoms with Crippen molar-refractivity contribution in [1.29, 1.82) is 10.5 Å². The number of nitriles is 2. The van der Waals surface area contributed by atoms with Gasteiger partial charge in [0.15, 0.2) is 10.8 Å². The molecule has 1 spiro atoms. The molecule has 0 unspecified atom stereocenters. The number of nitrogens with one attached hydrogen (secondary N) is 1. The number of halogens is 1. The van der Waals surface area contributed by atoms with Crippen molar-refractivity contribution in [2.75, 3.05) is 12.4 Å². The summed E-state index contributed by atoms with van der Waals surface area (Å²) in [6, 6.07) is 11.9. The number of hydrogen-bond acceptors (Lipinski definition) is 5. The molecule has 1 aromatic carbocycles. The van der Waals surface area contributed by atoms with Crippen LogP contribution >= 0.6 is 23.4 Å². The van der Waals surface area contributed by atoms with Crippen LogP contribution in [0.4, 0.5) is 0 Å². The van der Waals surface area contributed by atoms with E-state index >= 15 is 0 Å². The Morgan fingerprint density at radius 1 is 1.32 bits per heavy atom. The van der Waals surface area contributed by atoms with Crippen LogP contribution in [0.3, 0.4) is 0 Å². The van der Waals surface area contributed by atoms with Crippen molar-refractivity contribution in [2.24, 2.45) is 16.6 Å². The van der Waals surface area contributed by atoms with Crippen LogP contribution in [0.15, 0.2) is 24.3 Å². The molecule has 7 heteroatoms. The number of amidine groups is 1. The smallest absolute Gasteiger partial charge is 0.277 e. The van der Waals surface area contributed by atoms with Gasteiger partial charge in [-0.3, -0.25) is 5.73 Å². The zero-order valence-corrected chi connectivity index (χ0v) is 13.0. The van der Waals surface area contributed by atoms with E-state index in [2.05, 4.69) is 17.1 Å². The lowest BCUT2D eigenvalue weighted by Crippen LogP contribution is -2.88. The summed E-state index contributed by atoms with van der Waals surface area (Å²) in [5.41, 5.74) is 4.95. The molecule has 3 aliphatic rings. The third-order valence-electron chi connectivity index (χ3n) is 4.90. The van der Waals surface area contributed by atoms with Crippen LogP contribution in [0.5, 0.6) is 0 Å². The Kier molecular flexibility index (Phi) is 2.64. The van der Waals surface area contributed by atoms with Crippen LogP contribution in [-0.4, -0.2) is 23.3 Å². The van der Waals surface area contributed by atoms with Gasteiger partial charge in [-0.15, -0.1) is 0 Å². The molecule has 0 amide bonds. The van der Waals surface area contributed by atoms with Gasteiger partial charge in [-0.2, -0.15) is 10.5 Å². The highest BCUT2D eigenvalue weighted by Gasteiger charge is 2.96. The van der Waals surface area contributed by atoms with Crippen LogP contribution < -0.4 is 10.7 Å². The van der Waals surface area contributed by atoms with Crippen molar-refractivity contribution in [3.05, 3.63) is 34.9 Å². The first-order valence-electron chi connectivity index (χ1n) is 6.85. The lowest BCUT2D eigenvalue weighted by Gasteiger charge is -2.23. The highest BCUT2D eigenvalue weighted by Crippen LogP contribution is 2.80. The fraction of sp³-hybridized carbons (Fsp3) is 0.400. The standard InChI is InChI=1S/C15H11ClN4OS/c16-10-3-1-9(2-4-10)11-13(7-17)12(19)20-15(14(11,13)8-18)21-5-6-22-15/h1-4,11H,5-6H2,(H2,19,20)/p+1/t11-,13+,14+,15+/m0/s1. The van der Waals surface area contributed by atoms with Gasteiger partial charge in [0.05, 0.1) is 18.7 Å². The van der Waals surface area contributed by atoms with Crippen LogP contribution in [0, 0.1) is 33.5 Å². The summed E-state index contributed by atoms with van der Waals surface area (Å²) in [7, 11) is 0. The molecule has 4 rings (SSSR count). The summed E-state index contributed by atoms with van der Waals surface area (Å²) in [6.07, 6.45) is 0. The van der Waals surface area contributed by atoms with Crippen LogP contribution in [-0.2, 0) is 4.74 Å². The quantitative estimate of drug-likeness (QED) is 0.772. The van der Waals surface area contributed by atoms with E-state index in [1.165, 1.54) is 11.8 Å². The normalized spacial score (nSPS) is 41.6. The Morgan fingerprint density at radius 2 is 2.05 bits per heavy atom. The van der Waals surface area contributed by atoms with E-state index in [0.29, 0.717) is 17.5 Å². The maximum Gasteiger partial charge on any atom is 0.277 e. The van der Waals surface area contributed by atoms with Gasteiger partial charge in [-0.1, -0.05) is 35.5 Å². The predicted molar refractivity (Wildman–Crippen MR) is 81.6 cm³/mol. The summed E-state index contributed by atoms with van der Waals surface area (Å²) in [6.45, 7) is 0.531. The van der Waals surface area contributed by atoms with Gasteiger partial charge in [0.1, 0.15) is 0 Å². The molecule has 2 fully saturated rings. The van der Waals surface area contributed by atoms with E-state index in [9.17, 15) is 10.5 Å². The topological polar surface area (TPSA) is 96.8 Å². The third kappa shape index (κ3) is 1.24. The number of nitrogens with two attached hydrogens (primary N) is 1. The van der Waals surface area contributed by atoms with E-state index in [1.807, 2.05) is 12.1 Å². The lowest BCUT2D eigenvalue weighted by atomic mass is 9.95. The van der Waals surface area contributed by atoms with Crippen LogP contribution in [0.2, 0.25) is 5.02 Å². The number of benzene rings is 1. The van der Waals surface area contributed by atoms with Gasteiger partial charge in [0, 0.05) is 16.7 Å². The van der Waals surface area contributed by atoms with E-state index in [4.69, 9.17) is 22.1 Å². The molecule has 0 aromatic heterocycles. The second kappa shape index (κ2) is 4.17. The molecule has 0 bridgehead atoms. The Hall–Kier alpha value is -1.73. The number of nitrogens with zero attached hydrogens (tertiary/aromatic N) is 2. The molecule has 22 heavy (non-hydrogen) atoms. The lowest BCUT2D eigenvalue weighted by molar-refractivity contribution is -0.583. The fourth-order valence-corrected chi connectivity index (χ4v) is 5.45. The number of fused-ring (bicyclic) bond motifs is 2. The molecule has 3 N–H and O–H groups in total. The van der Waals surface area contributed by atoms with Crippen molar-refractivity contribution in [1.82, 2.24) is 0 Å². The Balaban J connectivity index is 1.92. The van der Waals surface area contributed by atoms with Gasteiger partial charge in [-0.25, -0.2) is 4.99 Å².